The molecule has 18 nitrogen and oxygen atoms in total. The number of anilines is 1. The van der Waals surface area contributed by atoms with Crippen molar-refractivity contribution in [2.75, 3.05) is 31.9 Å². The number of phenolic OH excluding ortho intramolecular Hbond substituents is 2. The van der Waals surface area contributed by atoms with Crippen molar-refractivity contribution in [1.82, 2.24) is 0 Å². The van der Waals surface area contributed by atoms with Crippen molar-refractivity contribution in [3.05, 3.63) is 156 Å². The molecule has 370 valence electrons. The molecular formula is C54H49N9O9S. The molecule has 1 amide bonds. The summed E-state index contributed by atoms with van der Waals surface area (Å²) in [6.45, 7) is 5.92. The van der Waals surface area contributed by atoms with Gasteiger partial charge in [0.25, 0.3) is 16.0 Å². The third kappa shape index (κ3) is 12.7. The molecule has 0 heterocycles. The summed E-state index contributed by atoms with van der Waals surface area (Å²) in [5.41, 5.74) is 7.28. The lowest BCUT2D eigenvalue weighted by Gasteiger charge is -2.12. The van der Waals surface area contributed by atoms with E-state index in [0.717, 1.165) is 32.8 Å². The molecule has 0 saturated heterocycles. The van der Waals surface area contributed by atoms with Gasteiger partial charge in [0.1, 0.15) is 40.1 Å². The molecule has 0 bridgehead atoms. The minimum Gasteiger partial charge on any atom is -0.508 e. The molecule has 0 unspecified atom stereocenters. The second kappa shape index (κ2) is 22.4. The number of unbranched alkanes of at least 4 members (excludes halogenated alkanes) is 1. The predicted molar refractivity (Wildman–Crippen MR) is 280 cm³/mol. The smallest absolute Gasteiger partial charge is 0.264 e. The van der Waals surface area contributed by atoms with Gasteiger partial charge in [-0.3, -0.25) is 9.35 Å². The molecule has 0 aliphatic heterocycles. The first kappa shape index (κ1) is 50.4. The highest BCUT2D eigenvalue weighted by Gasteiger charge is 2.15. The van der Waals surface area contributed by atoms with Gasteiger partial charge in [0.2, 0.25) is 0 Å². The molecule has 0 aromatic heterocycles. The molecule has 19 heteroatoms. The van der Waals surface area contributed by atoms with Crippen molar-refractivity contribution in [2.45, 2.75) is 33.6 Å². The summed E-state index contributed by atoms with van der Waals surface area (Å²) in [5.74, 6) is 0.799. The lowest BCUT2D eigenvalue weighted by atomic mass is 10.1. The van der Waals surface area contributed by atoms with Gasteiger partial charge in [0.15, 0.2) is 5.75 Å². The predicted octanol–water partition coefficient (Wildman–Crippen LogP) is 15.3. The van der Waals surface area contributed by atoms with Crippen molar-refractivity contribution >= 4 is 88.8 Å². The molecule has 0 fully saturated rings. The topological polar surface area (TPSA) is 251 Å². The first-order valence-corrected chi connectivity index (χ1v) is 24.4. The van der Waals surface area contributed by atoms with E-state index < -0.39 is 10.1 Å². The van der Waals surface area contributed by atoms with Crippen molar-refractivity contribution in [3.63, 3.8) is 0 Å². The zero-order valence-electron chi connectivity index (χ0n) is 40.3. The number of fused-ring (bicyclic) bond motifs is 2. The number of benzene rings is 8. The number of azo groups is 4. The lowest BCUT2D eigenvalue weighted by Crippen LogP contribution is -2.11. The number of hydrogen-bond donors (Lipinski definition) is 4. The van der Waals surface area contributed by atoms with Gasteiger partial charge < -0.3 is 29.7 Å². The SMILES string of the molecule is COc1cc(C(=O)Nc2ccc3c(OCCCCS(=O)(=O)O)cccc3c2)ccc1N=Nc1cc(OC)c(N=Nc2cc(C)c(N=Nc3ccc4cc(N=Nc5ccc(O)cc5)ccc4c3O)cc2C)cc1C. The summed E-state index contributed by atoms with van der Waals surface area (Å²) in [4.78, 5) is 13.4. The second-order valence-corrected chi connectivity index (χ2v) is 18.3. The highest BCUT2D eigenvalue weighted by atomic mass is 32.2. The fourth-order valence-corrected chi connectivity index (χ4v) is 8.10. The number of hydrogen-bond acceptors (Lipinski definition) is 16. The number of ether oxygens (including phenoxy) is 3. The average Bonchev–Trinajstić information content (AvgIpc) is 3.37. The number of carbonyl (C=O) groups excluding carboxylic acids is 1. The number of nitrogens with one attached hydrogen (secondary N) is 1. The minimum absolute atomic E-state index is 0.0200. The summed E-state index contributed by atoms with van der Waals surface area (Å²) in [5, 5.41) is 61.8. The molecule has 8 aromatic carbocycles. The van der Waals surface area contributed by atoms with Crippen LogP contribution in [0.2, 0.25) is 0 Å². The first-order chi connectivity index (χ1) is 35.1. The van der Waals surface area contributed by atoms with Gasteiger partial charge in [-0.2, -0.15) is 34.0 Å². The Hall–Kier alpha value is -8.94. The van der Waals surface area contributed by atoms with E-state index in [0.29, 0.717) is 85.8 Å². The molecule has 8 rings (SSSR count). The molecule has 4 N–H and O–H groups in total. The Morgan fingerprint density at radius 1 is 0.534 bits per heavy atom. The van der Waals surface area contributed by atoms with Crippen LogP contribution in [0.25, 0.3) is 21.5 Å². The maximum absolute atomic E-state index is 13.4. The number of rotatable bonds is 18. The molecule has 8 aromatic rings. The van der Waals surface area contributed by atoms with Crippen molar-refractivity contribution in [2.24, 2.45) is 40.9 Å². The van der Waals surface area contributed by atoms with Crippen molar-refractivity contribution in [3.8, 4) is 28.7 Å². The molecule has 0 saturated carbocycles. The Kier molecular flexibility index (Phi) is 15.5. The first-order valence-electron chi connectivity index (χ1n) is 22.8. The molecule has 73 heavy (non-hydrogen) atoms. The zero-order valence-corrected chi connectivity index (χ0v) is 41.1. The number of aryl methyl sites for hydroxylation is 3. The summed E-state index contributed by atoms with van der Waals surface area (Å²) in [6, 6.07) is 38.2. The van der Waals surface area contributed by atoms with Crippen molar-refractivity contribution in [1.29, 1.82) is 0 Å². The number of phenols is 2. The van der Waals surface area contributed by atoms with Gasteiger partial charge in [0, 0.05) is 28.1 Å². The van der Waals surface area contributed by atoms with Gasteiger partial charge in [-0.25, -0.2) is 0 Å². The fourth-order valence-electron chi connectivity index (χ4n) is 7.53. The largest absolute Gasteiger partial charge is 0.508 e. The molecule has 0 aliphatic rings. The van der Waals surface area contributed by atoms with Crippen LogP contribution in [0.15, 0.2) is 174 Å². The van der Waals surface area contributed by atoms with Gasteiger partial charge in [-0.15, -0.1) is 15.3 Å². The Morgan fingerprint density at radius 3 is 1.81 bits per heavy atom. The Morgan fingerprint density at radius 2 is 1.11 bits per heavy atom. The average molecular weight is 1000 g/mol. The number of carbonyl (C=O) groups is 1. The maximum Gasteiger partial charge on any atom is 0.264 e. The number of aromatic hydroxyl groups is 2. The summed E-state index contributed by atoms with van der Waals surface area (Å²) in [6.07, 6.45) is 0.727. The van der Waals surface area contributed by atoms with Crippen LogP contribution in [0.1, 0.15) is 39.9 Å². The van der Waals surface area contributed by atoms with E-state index in [9.17, 15) is 23.4 Å². The van der Waals surface area contributed by atoms with E-state index >= 15 is 0 Å². The fraction of sp³-hybridized carbons (Fsp3) is 0.167. The normalized spacial score (nSPS) is 12.0. The quantitative estimate of drug-likeness (QED) is 0.0362. The molecule has 0 aliphatic carbocycles. The summed E-state index contributed by atoms with van der Waals surface area (Å²) < 4.78 is 48.1. The monoisotopic (exact) mass is 999 g/mol. The molecule has 0 atom stereocenters. The van der Waals surface area contributed by atoms with Crippen LogP contribution in [0.3, 0.4) is 0 Å². The van der Waals surface area contributed by atoms with Crippen LogP contribution in [-0.4, -0.2) is 55.7 Å². The van der Waals surface area contributed by atoms with Crippen LogP contribution in [0, 0.1) is 20.8 Å². The van der Waals surface area contributed by atoms with E-state index in [1.165, 1.54) is 26.4 Å². The second-order valence-electron chi connectivity index (χ2n) is 16.8. The highest BCUT2D eigenvalue weighted by molar-refractivity contribution is 7.85. The highest BCUT2D eigenvalue weighted by Crippen LogP contribution is 2.41. The summed E-state index contributed by atoms with van der Waals surface area (Å²) in [7, 11) is -1.01. The molecule has 0 spiro atoms. The van der Waals surface area contributed by atoms with Gasteiger partial charge in [-0.05, 0) is 170 Å². The van der Waals surface area contributed by atoms with Crippen LogP contribution >= 0.6 is 0 Å². The van der Waals surface area contributed by atoms with Crippen LogP contribution in [0.4, 0.5) is 51.2 Å². The van der Waals surface area contributed by atoms with E-state index in [2.05, 4.69) is 46.2 Å². The van der Waals surface area contributed by atoms with Crippen LogP contribution < -0.4 is 19.5 Å². The third-order valence-electron chi connectivity index (χ3n) is 11.5. The minimum atomic E-state index is -4.01. The number of methoxy groups -OCH3 is 2. The van der Waals surface area contributed by atoms with Gasteiger partial charge in [-0.1, -0.05) is 18.2 Å². The summed E-state index contributed by atoms with van der Waals surface area (Å²) >= 11 is 0. The lowest BCUT2D eigenvalue weighted by molar-refractivity contribution is 0.102. The maximum atomic E-state index is 13.4. The van der Waals surface area contributed by atoms with Crippen LogP contribution in [0.5, 0.6) is 28.7 Å². The third-order valence-corrected chi connectivity index (χ3v) is 12.3. The molecule has 0 radical (unpaired) electrons. The number of nitrogens with zero attached hydrogens (tertiary/aromatic N) is 8. The van der Waals surface area contributed by atoms with E-state index in [1.54, 1.807) is 72.8 Å². The Balaban J connectivity index is 0.906. The standard InChI is InChI=1S/C54H49N9O9S/c1-32-26-47(33(2)25-46(32)60-59-45-22-11-36-29-40(16-20-43(36)53(45)65)57-56-38-13-17-41(64)18-14-38)61-63-49-27-34(3)48(31-52(49)71-5)62-58-44-21-12-37(30-51(44)70-4)54(66)55-39-15-19-42-35(28-39)9-8-10-50(42)72-23-6-7-24-73(67,68)69/h8-22,25-31,64-65H,6-7,23-24H2,1-5H3,(H,55,66)(H,67,68,69). The van der Waals surface area contributed by atoms with Crippen molar-refractivity contribution < 1.29 is 42.2 Å². The van der Waals surface area contributed by atoms with Gasteiger partial charge in [0.05, 0.1) is 55.0 Å². The molecular weight excluding hydrogens is 951 g/mol. The zero-order chi connectivity index (χ0) is 51.6. The van der Waals surface area contributed by atoms with E-state index in [4.69, 9.17) is 18.8 Å². The number of amides is 1. The van der Waals surface area contributed by atoms with Gasteiger partial charge >= 0.3 is 0 Å². The van der Waals surface area contributed by atoms with E-state index in [1.807, 2.05) is 69.3 Å². The Labute approximate surface area is 420 Å². The Bertz CT molecular complexity index is 3620. The van der Waals surface area contributed by atoms with Crippen LogP contribution in [-0.2, 0) is 10.1 Å². The van der Waals surface area contributed by atoms with E-state index in [-0.39, 0.29) is 36.2 Å².